The maximum absolute atomic E-state index is 8.49. The van der Waals surface area contributed by atoms with Gasteiger partial charge in [0.15, 0.2) is 0 Å². The summed E-state index contributed by atoms with van der Waals surface area (Å²) >= 11 is 2.44. The molecule has 0 unspecified atom stereocenters. The summed E-state index contributed by atoms with van der Waals surface area (Å²) in [4.78, 5) is 0. The van der Waals surface area contributed by atoms with E-state index < -0.39 is 10.2 Å². The number of unbranched alkanes of at least 4 members (excludes halogenated alkanes) is 1. The lowest BCUT2D eigenvalue weighted by Gasteiger charge is -2.17. The number of hydrogen-bond donors (Lipinski definition) is 0. The van der Waals surface area contributed by atoms with Crippen LogP contribution in [0.25, 0.3) is 22.6 Å². The van der Waals surface area contributed by atoms with Gasteiger partial charge in [-0.1, -0.05) is 59.0 Å². The Bertz CT molecular complexity index is 775. The number of benzene rings is 2. The van der Waals surface area contributed by atoms with Crippen molar-refractivity contribution in [3.63, 3.8) is 0 Å². The first-order valence-corrected chi connectivity index (χ1v) is 11.4. The Kier molecular flexibility index (Phi) is 9.30. The van der Waals surface area contributed by atoms with Crippen LogP contribution in [0.4, 0.5) is 0 Å². The quantitative estimate of drug-likeness (QED) is 0.216. The molecule has 0 saturated heterocycles. The maximum Gasteiger partial charge on any atom is 0.361 e. The summed E-state index contributed by atoms with van der Waals surface area (Å²) in [7, 11) is -4.94. The lowest BCUT2D eigenvalue weighted by Crippen LogP contribution is -2.68. The molecule has 0 fully saturated rings. The smallest absolute Gasteiger partial charge is 0.222 e. The molecule has 0 aliphatic rings. The van der Waals surface area contributed by atoms with Crippen LogP contribution in [0.15, 0.2) is 77.2 Å². The maximum atomic E-state index is 8.49. The number of alkyl halides is 1. The molecule has 2 aromatic carbocycles. The van der Waals surface area contributed by atoms with Crippen LogP contribution in [0.5, 0.6) is 0 Å². The van der Waals surface area contributed by atoms with Gasteiger partial charge < -0.3 is 0 Å². The van der Waals surface area contributed by atoms with Gasteiger partial charge in [-0.3, -0.25) is 0 Å². The van der Waals surface area contributed by atoms with Gasteiger partial charge in [0.05, 0.1) is 11.1 Å². The molecule has 0 aliphatic heterocycles. The summed E-state index contributed by atoms with van der Waals surface area (Å²) in [6.45, 7) is 0. The third-order valence-electron chi connectivity index (χ3n) is 3.82. The molecule has 0 atom stereocenters. The number of hydrogen-bond acceptors (Lipinski definition) is 4. The predicted molar refractivity (Wildman–Crippen MR) is 106 cm³/mol. The van der Waals surface area contributed by atoms with E-state index in [9.17, 15) is 0 Å². The van der Waals surface area contributed by atoms with Gasteiger partial charge in [0.25, 0.3) is 0 Å². The monoisotopic (exact) mass is 514 g/mol. The Hall–Kier alpha value is -1.55. The Balaban J connectivity index is 0.000000500. The molecule has 0 saturated carbocycles. The topological polar surface area (TPSA) is 104 Å². The van der Waals surface area contributed by atoms with Gasteiger partial charge >= 0.3 is 11.5 Å². The van der Waals surface area contributed by atoms with Crippen molar-refractivity contribution in [1.82, 2.24) is 0 Å². The molecular weight excluding hydrogens is 495 g/mol. The summed E-state index contributed by atoms with van der Waals surface area (Å²) in [5.41, 5.74) is 3.60. The van der Waals surface area contributed by atoms with Gasteiger partial charge in [-0.05, 0) is 53.5 Å². The van der Waals surface area contributed by atoms with Crippen LogP contribution in [0.2, 0.25) is 0 Å². The van der Waals surface area contributed by atoms with E-state index in [1.807, 2.05) is 12.1 Å². The second kappa shape index (κ2) is 11.5. The normalized spacial score (nSPS) is 10.9. The van der Waals surface area contributed by atoms with Crippen LogP contribution in [-0.4, -0.2) is 4.43 Å². The molecule has 1 aromatic heterocycles. The Morgan fingerprint density at radius 2 is 1.14 bits per heavy atom. The summed E-state index contributed by atoms with van der Waals surface area (Å²) in [6.07, 6.45) is 3.57. The zero-order valence-corrected chi connectivity index (χ0v) is 18.0. The van der Waals surface area contributed by atoms with Gasteiger partial charge in [0, 0.05) is 12.1 Å². The van der Waals surface area contributed by atoms with Crippen molar-refractivity contribution in [2.75, 3.05) is 4.43 Å². The summed E-state index contributed by atoms with van der Waals surface area (Å²) < 4.78 is 41.4. The third-order valence-corrected chi connectivity index (χ3v) is 4.58. The van der Waals surface area contributed by atoms with Crippen molar-refractivity contribution >= 4 is 22.6 Å². The molecule has 28 heavy (non-hydrogen) atoms. The Morgan fingerprint density at radius 1 is 0.714 bits per heavy atom. The van der Waals surface area contributed by atoms with Crippen molar-refractivity contribution in [3.05, 3.63) is 78.4 Å². The minimum Gasteiger partial charge on any atom is -0.222 e. The largest absolute Gasteiger partial charge is 0.361 e. The fourth-order valence-electron chi connectivity index (χ4n) is 2.61. The highest BCUT2D eigenvalue weighted by atomic mass is 127. The molecule has 3 rings (SSSR count). The molecular formula is C21H20ClIO5. The van der Waals surface area contributed by atoms with Gasteiger partial charge in [-0.25, -0.2) is 23.1 Å². The first-order valence-electron chi connectivity index (χ1n) is 8.62. The van der Waals surface area contributed by atoms with Gasteiger partial charge in [0.1, 0.15) is 0 Å². The van der Waals surface area contributed by atoms with Gasteiger partial charge in [-0.15, -0.1) is 10.2 Å². The van der Waals surface area contributed by atoms with E-state index in [4.69, 9.17) is 23.1 Å². The van der Waals surface area contributed by atoms with Crippen molar-refractivity contribution in [3.8, 4) is 22.6 Å². The van der Waals surface area contributed by atoms with Gasteiger partial charge in [0.2, 0.25) is 0 Å². The van der Waals surface area contributed by atoms with E-state index in [-0.39, 0.29) is 0 Å². The second-order valence-electron chi connectivity index (χ2n) is 5.95. The zero-order valence-electron chi connectivity index (χ0n) is 15.1. The van der Waals surface area contributed by atoms with Crippen LogP contribution in [0.3, 0.4) is 0 Å². The number of halogens is 2. The molecule has 0 bridgehead atoms. The third kappa shape index (κ3) is 8.64. The highest BCUT2D eigenvalue weighted by Gasteiger charge is 2.19. The van der Waals surface area contributed by atoms with Crippen molar-refractivity contribution in [1.29, 1.82) is 0 Å². The molecule has 1 heterocycles. The zero-order chi connectivity index (χ0) is 20.4. The molecule has 0 N–H and O–H groups in total. The molecule has 7 heteroatoms. The lowest BCUT2D eigenvalue weighted by atomic mass is 10.0. The van der Waals surface area contributed by atoms with E-state index >= 15 is 0 Å². The van der Waals surface area contributed by atoms with Gasteiger partial charge in [-0.2, -0.15) is 0 Å². The minimum atomic E-state index is -4.94. The summed E-state index contributed by atoms with van der Waals surface area (Å²) in [5, 5.41) is 0. The highest BCUT2D eigenvalue weighted by Crippen LogP contribution is 2.29. The van der Waals surface area contributed by atoms with Crippen molar-refractivity contribution < 1.29 is 33.3 Å². The van der Waals surface area contributed by atoms with E-state index in [1.54, 1.807) is 0 Å². The van der Waals surface area contributed by atoms with E-state index in [2.05, 4.69) is 83.3 Å². The number of rotatable bonds is 6. The van der Waals surface area contributed by atoms with E-state index in [0.29, 0.717) is 0 Å². The van der Waals surface area contributed by atoms with Crippen LogP contribution < -0.4 is 18.6 Å². The summed E-state index contributed by atoms with van der Waals surface area (Å²) in [5.74, 6) is 1.88. The number of aryl methyl sites for hydroxylation is 1. The Labute approximate surface area is 180 Å². The fraction of sp³-hybridized carbons (Fsp3) is 0.190. The van der Waals surface area contributed by atoms with Crippen LogP contribution in [-0.2, 0) is 6.42 Å². The minimum absolute atomic E-state index is 0.941. The molecule has 0 aliphatic carbocycles. The van der Waals surface area contributed by atoms with E-state index in [1.165, 1.54) is 22.8 Å². The first kappa shape index (κ1) is 22.7. The van der Waals surface area contributed by atoms with Crippen molar-refractivity contribution in [2.45, 2.75) is 19.3 Å². The standard InChI is InChI=1S/C21H20IO.ClHO4/c22-14-8-7-9-17-15-20(18-10-3-1-4-11-18)23-21(16-17)19-12-5-2-6-13-19;2-1(3,4)5/h1-6,10-13,15-16H,7-9,14H2;(H,2,3,4,5)/q+1;/p-1. The first-order chi connectivity index (χ1) is 13.4. The Morgan fingerprint density at radius 3 is 1.54 bits per heavy atom. The molecule has 148 valence electrons. The SMILES string of the molecule is ICCCCc1cc(-c2ccccc2)[o+]c(-c2ccccc2)c1.[O-][Cl+3]([O-])([O-])[O-]. The van der Waals surface area contributed by atoms with Crippen LogP contribution in [0.1, 0.15) is 18.4 Å². The van der Waals surface area contributed by atoms with E-state index in [0.717, 1.165) is 29.1 Å². The lowest BCUT2D eigenvalue weighted by molar-refractivity contribution is -2.00. The van der Waals surface area contributed by atoms with Crippen LogP contribution in [0, 0.1) is 10.2 Å². The predicted octanol–water partition coefficient (Wildman–Crippen LogP) is 1.90. The average Bonchev–Trinajstić information content (AvgIpc) is 2.68. The molecule has 5 nitrogen and oxygen atoms in total. The molecule has 0 spiro atoms. The van der Waals surface area contributed by atoms with Crippen LogP contribution >= 0.6 is 22.6 Å². The summed E-state index contributed by atoms with van der Waals surface area (Å²) in [6, 6.07) is 25.0. The molecule has 0 amide bonds. The fourth-order valence-corrected chi connectivity index (χ4v) is 3.15. The molecule has 0 radical (unpaired) electrons. The van der Waals surface area contributed by atoms with Crippen molar-refractivity contribution in [2.24, 2.45) is 0 Å². The highest BCUT2D eigenvalue weighted by molar-refractivity contribution is 14.1. The second-order valence-corrected chi connectivity index (χ2v) is 7.78. The molecule has 3 aromatic rings. The average molecular weight is 515 g/mol.